The van der Waals surface area contributed by atoms with E-state index in [1.807, 2.05) is 24.3 Å². The van der Waals surface area contributed by atoms with E-state index in [1.165, 1.54) is 6.07 Å². The van der Waals surface area contributed by atoms with Crippen LogP contribution in [0.3, 0.4) is 0 Å². The van der Waals surface area contributed by atoms with Gasteiger partial charge in [0, 0.05) is 11.0 Å². The van der Waals surface area contributed by atoms with Crippen molar-refractivity contribution in [3.63, 3.8) is 0 Å². The number of benzene rings is 1. The van der Waals surface area contributed by atoms with Crippen molar-refractivity contribution < 1.29 is 17.9 Å². The van der Waals surface area contributed by atoms with Gasteiger partial charge in [-0.3, -0.25) is 4.79 Å². The van der Waals surface area contributed by atoms with E-state index in [2.05, 4.69) is 20.7 Å². The molecular weight excluding hydrogens is 390 g/mol. The second kappa shape index (κ2) is 7.87. The Hall–Kier alpha value is -1.22. The summed E-state index contributed by atoms with van der Waals surface area (Å²) in [7, 11) is -3.53. The third-order valence-corrected chi connectivity index (χ3v) is 6.08. The van der Waals surface area contributed by atoms with Gasteiger partial charge in [-0.25, -0.2) is 13.1 Å². The molecule has 0 fully saturated rings. The molecule has 0 saturated heterocycles. The second-order valence-electron chi connectivity index (χ2n) is 4.37. The van der Waals surface area contributed by atoms with Crippen molar-refractivity contribution in [2.45, 2.75) is 17.2 Å². The summed E-state index contributed by atoms with van der Waals surface area (Å²) in [6.07, 6.45) is -0.0128. The zero-order valence-electron chi connectivity index (χ0n) is 11.5. The van der Waals surface area contributed by atoms with E-state index in [4.69, 9.17) is 4.74 Å². The minimum Gasteiger partial charge on any atom is -0.461 e. The SMILES string of the molecule is O=C(CCNS(=O)(=O)c1cccs1)OCc1ccc(Br)cc1. The number of esters is 1. The van der Waals surface area contributed by atoms with Gasteiger partial charge in [0.05, 0.1) is 6.42 Å². The third kappa shape index (κ3) is 5.20. The lowest BCUT2D eigenvalue weighted by molar-refractivity contribution is -0.144. The average molecular weight is 404 g/mol. The fourth-order valence-corrected chi connectivity index (χ4v) is 3.93. The molecule has 1 heterocycles. The first-order valence-corrected chi connectivity index (χ1v) is 9.56. The Morgan fingerprint density at radius 3 is 2.59 bits per heavy atom. The molecule has 0 amide bonds. The van der Waals surface area contributed by atoms with Crippen LogP contribution < -0.4 is 4.72 Å². The molecule has 2 rings (SSSR count). The van der Waals surface area contributed by atoms with E-state index >= 15 is 0 Å². The number of sulfonamides is 1. The van der Waals surface area contributed by atoms with E-state index in [9.17, 15) is 13.2 Å². The number of nitrogens with one attached hydrogen (secondary N) is 1. The molecule has 0 bridgehead atoms. The maximum Gasteiger partial charge on any atom is 0.307 e. The van der Waals surface area contributed by atoms with Gasteiger partial charge in [0.25, 0.3) is 0 Å². The number of carbonyl (C=O) groups excluding carboxylic acids is 1. The fraction of sp³-hybridized carbons (Fsp3) is 0.214. The molecule has 5 nitrogen and oxygen atoms in total. The predicted octanol–water partition coefficient (Wildman–Crippen LogP) is 2.92. The van der Waals surface area contributed by atoms with Crippen molar-refractivity contribution in [3.8, 4) is 0 Å². The Morgan fingerprint density at radius 1 is 1.23 bits per heavy atom. The lowest BCUT2D eigenvalue weighted by Gasteiger charge is -2.06. The zero-order valence-corrected chi connectivity index (χ0v) is 14.7. The first-order chi connectivity index (χ1) is 10.5. The van der Waals surface area contributed by atoms with Crippen LogP contribution in [0.5, 0.6) is 0 Å². The summed E-state index contributed by atoms with van der Waals surface area (Å²) >= 11 is 4.45. The van der Waals surface area contributed by atoms with Gasteiger partial charge in [-0.15, -0.1) is 11.3 Å². The highest BCUT2D eigenvalue weighted by Crippen LogP contribution is 2.15. The van der Waals surface area contributed by atoms with E-state index in [0.29, 0.717) is 0 Å². The lowest BCUT2D eigenvalue weighted by Crippen LogP contribution is -2.26. The molecular formula is C14H14BrNO4S2. The van der Waals surface area contributed by atoms with Crippen molar-refractivity contribution in [1.29, 1.82) is 0 Å². The van der Waals surface area contributed by atoms with Crippen molar-refractivity contribution in [3.05, 3.63) is 51.8 Å². The maximum absolute atomic E-state index is 11.8. The molecule has 0 radical (unpaired) electrons. The Bertz CT molecular complexity index is 712. The summed E-state index contributed by atoms with van der Waals surface area (Å²) in [6, 6.07) is 10.6. The van der Waals surface area contributed by atoms with Gasteiger partial charge >= 0.3 is 5.97 Å². The number of thiophene rings is 1. The highest BCUT2D eigenvalue weighted by atomic mass is 79.9. The van der Waals surface area contributed by atoms with Gasteiger partial charge in [-0.05, 0) is 29.1 Å². The zero-order chi connectivity index (χ0) is 16.0. The number of hydrogen-bond donors (Lipinski definition) is 1. The number of carbonyl (C=O) groups is 1. The van der Waals surface area contributed by atoms with Gasteiger partial charge in [0.1, 0.15) is 10.8 Å². The predicted molar refractivity (Wildman–Crippen MR) is 88.1 cm³/mol. The van der Waals surface area contributed by atoms with E-state index in [1.54, 1.807) is 11.4 Å². The molecule has 0 unspecified atom stereocenters. The lowest BCUT2D eigenvalue weighted by atomic mass is 10.2. The minimum absolute atomic E-state index is 0.0128. The van der Waals surface area contributed by atoms with Gasteiger partial charge in [-0.1, -0.05) is 34.1 Å². The van der Waals surface area contributed by atoms with E-state index in [-0.39, 0.29) is 23.8 Å². The molecule has 0 spiro atoms. The Labute approximate surface area is 141 Å². The molecule has 0 aliphatic heterocycles. The summed E-state index contributed by atoms with van der Waals surface area (Å²) in [4.78, 5) is 11.6. The van der Waals surface area contributed by atoms with Crippen LogP contribution in [-0.4, -0.2) is 20.9 Å². The average Bonchev–Trinajstić information content (AvgIpc) is 3.01. The molecule has 0 aliphatic carbocycles. The highest BCUT2D eigenvalue weighted by molar-refractivity contribution is 9.10. The summed E-state index contributed by atoms with van der Waals surface area (Å²) in [5.74, 6) is -0.447. The van der Waals surface area contributed by atoms with E-state index < -0.39 is 16.0 Å². The van der Waals surface area contributed by atoms with Gasteiger partial charge in [0.15, 0.2) is 0 Å². The number of halogens is 1. The van der Waals surface area contributed by atoms with Crippen LogP contribution in [0.1, 0.15) is 12.0 Å². The Balaban J connectivity index is 1.73. The van der Waals surface area contributed by atoms with Crippen LogP contribution in [0.15, 0.2) is 50.5 Å². The van der Waals surface area contributed by atoms with Crippen molar-refractivity contribution in [2.24, 2.45) is 0 Å². The molecule has 0 aliphatic rings. The number of ether oxygens (including phenoxy) is 1. The summed E-state index contributed by atoms with van der Waals surface area (Å²) in [5.41, 5.74) is 0.871. The molecule has 22 heavy (non-hydrogen) atoms. The summed E-state index contributed by atoms with van der Waals surface area (Å²) < 4.78 is 32.3. The molecule has 1 N–H and O–H groups in total. The molecule has 118 valence electrons. The monoisotopic (exact) mass is 403 g/mol. The van der Waals surface area contributed by atoms with Crippen LogP contribution in [0, 0.1) is 0 Å². The number of rotatable bonds is 7. The first-order valence-electron chi connectivity index (χ1n) is 6.40. The summed E-state index contributed by atoms with van der Waals surface area (Å²) in [5, 5.41) is 1.68. The quantitative estimate of drug-likeness (QED) is 0.721. The van der Waals surface area contributed by atoms with Crippen molar-refractivity contribution in [1.82, 2.24) is 4.72 Å². The maximum atomic E-state index is 11.8. The normalized spacial score (nSPS) is 11.3. The smallest absolute Gasteiger partial charge is 0.307 e. The molecule has 1 aromatic carbocycles. The van der Waals surface area contributed by atoms with Crippen LogP contribution in [-0.2, 0) is 26.2 Å². The molecule has 1 aromatic heterocycles. The summed E-state index contributed by atoms with van der Waals surface area (Å²) in [6.45, 7) is 0.184. The van der Waals surface area contributed by atoms with Gasteiger partial charge in [0.2, 0.25) is 10.0 Å². The molecule has 0 saturated carbocycles. The van der Waals surface area contributed by atoms with Crippen LogP contribution >= 0.6 is 27.3 Å². The van der Waals surface area contributed by atoms with E-state index in [0.717, 1.165) is 21.4 Å². The fourth-order valence-electron chi connectivity index (χ4n) is 1.59. The van der Waals surface area contributed by atoms with Crippen LogP contribution in [0.25, 0.3) is 0 Å². The standard InChI is InChI=1S/C14H14BrNO4S2/c15-12-5-3-11(4-6-12)10-20-13(17)7-8-16-22(18,19)14-2-1-9-21-14/h1-6,9,16H,7-8,10H2. The molecule has 8 heteroatoms. The van der Waals surface area contributed by atoms with Crippen LogP contribution in [0.2, 0.25) is 0 Å². The van der Waals surface area contributed by atoms with Crippen molar-refractivity contribution >= 4 is 43.3 Å². The highest BCUT2D eigenvalue weighted by Gasteiger charge is 2.15. The van der Waals surface area contributed by atoms with Crippen molar-refractivity contribution in [2.75, 3.05) is 6.54 Å². The van der Waals surface area contributed by atoms with Gasteiger partial charge in [-0.2, -0.15) is 0 Å². The van der Waals surface area contributed by atoms with Crippen LogP contribution in [0.4, 0.5) is 0 Å². The Morgan fingerprint density at radius 2 is 1.95 bits per heavy atom. The molecule has 2 aromatic rings. The third-order valence-electron chi connectivity index (χ3n) is 2.69. The Kier molecular flexibility index (Phi) is 6.13. The number of hydrogen-bond acceptors (Lipinski definition) is 5. The van der Waals surface area contributed by atoms with Gasteiger partial charge < -0.3 is 4.74 Å². The minimum atomic E-state index is -3.53. The second-order valence-corrected chi connectivity index (χ2v) is 8.22. The first kappa shape index (κ1) is 17.1. The topological polar surface area (TPSA) is 72.5 Å². The largest absolute Gasteiger partial charge is 0.461 e. The molecule has 0 atom stereocenters.